The van der Waals surface area contributed by atoms with Crippen LogP contribution in [0.2, 0.25) is 0 Å². The van der Waals surface area contributed by atoms with Gasteiger partial charge in [0.25, 0.3) is 0 Å². The zero-order valence-electron chi connectivity index (χ0n) is 9.85. The molecule has 0 bridgehead atoms. The molecule has 4 nitrogen and oxygen atoms in total. The van der Waals surface area contributed by atoms with Crippen molar-refractivity contribution in [2.75, 3.05) is 5.73 Å². The third kappa shape index (κ3) is 2.19. The van der Waals surface area contributed by atoms with Gasteiger partial charge in [-0.15, -0.1) is 0 Å². The van der Waals surface area contributed by atoms with E-state index in [1.54, 1.807) is 29.0 Å². The molecule has 0 aliphatic rings. The maximum atomic E-state index is 13.7. The van der Waals surface area contributed by atoms with E-state index in [0.29, 0.717) is 29.2 Å². The topological polar surface area (TPSA) is 56.7 Å². The van der Waals surface area contributed by atoms with Gasteiger partial charge in [0.2, 0.25) is 5.95 Å². The Hall–Kier alpha value is -1.95. The van der Waals surface area contributed by atoms with Crippen LogP contribution in [0.3, 0.4) is 0 Å². The fraction of sp³-hybridized carbons (Fsp3) is 0.0769. The Morgan fingerprint density at radius 3 is 2.89 bits per heavy atom. The second-order valence-corrected chi connectivity index (χ2v) is 5.06. The Morgan fingerprint density at radius 2 is 2.11 bits per heavy atom. The molecule has 96 valence electrons. The first-order chi connectivity index (χ1) is 9.15. The lowest BCUT2D eigenvalue weighted by atomic mass is 10.2. The van der Waals surface area contributed by atoms with Gasteiger partial charge in [-0.1, -0.05) is 18.2 Å². The molecule has 2 N–H and O–H groups in total. The number of fused-ring (bicyclic) bond motifs is 1. The van der Waals surface area contributed by atoms with Crippen LogP contribution < -0.4 is 5.73 Å². The van der Waals surface area contributed by atoms with Crippen LogP contribution in [0, 0.1) is 5.82 Å². The van der Waals surface area contributed by atoms with Crippen LogP contribution in [0.4, 0.5) is 10.3 Å². The molecule has 0 radical (unpaired) electrons. The molecule has 19 heavy (non-hydrogen) atoms. The SMILES string of the molecule is Nc1nc2cc(Br)cnc2n1Cc1ccccc1F. The molecule has 0 aliphatic heterocycles. The molecule has 3 aromatic rings. The van der Waals surface area contributed by atoms with Gasteiger partial charge < -0.3 is 5.73 Å². The lowest BCUT2D eigenvalue weighted by molar-refractivity contribution is 0.602. The summed E-state index contributed by atoms with van der Waals surface area (Å²) in [5, 5.41) is 0. The van der Waals surface area contributed by atoms with E-state index in [9.17, 15) is 4.39 Å². The molecule has 0 unspecified atom stereocenters. The van der Waals surface area contributed by atoms with Gasteiger partial charge in [0.15, 0.2) is 5.65 Å². The molecule has 6 heteroatoms. The minimum Gasteiger partial charge on any atom is -0.369 e. The fourth-order valence-corrected chi connectivity index (χ4v) is 2.28. The van der Waals surface area contributed by atoms with Gasteiger partial charge in [0.1, 0.15) is 11.3 Å². The summed E-state index contributed by atoms with van der Waals surface area (Å²) >= 11 is 3.33. The van der Waals surface area contributed by atoms with Crippen molar-refractivity contribution in [1.29, 1.82) is 0 Å². The summed E-state index contributed by atoms with van der Waals surface area (Å²) in [7, 11) is 0. The number of halogens is 2. The van der Waals surface area contributed by atoms with Gasteiger partial charge in [-0.2, -0.15) is 0 Å². The number of nitrogen functional groups attached to an aromatic ring is 1. The van der Waals surface area contributed by atoms with Gasteiger partial charge in [0, 0.05) is 16.2 Å². The zero-order valence-corrected chi connectivity index (χ0v) is 11.4. The lowest BCUT2D eigenvalue weighted by Gasteiger charge is -2.06. The number of anilines is 1. The molecule has 0 spiro atoms. The van der Waals surface area contributed by atoms with Crippen LogP contribution >= 0.6 is 15.9 Å². The van der Waals surface area contributed by atoms with Crippen molar-refractivity contribution in [3.05, 3.63) is 52.4 Å². The van der Waals surface area contributed by atoms with Crippen molar-refractivity contribution in [3.8, 4) is 0 Å². The third-order valence-corrected chi connectivity index (χ3v) is 3.30. The van der Waals surface area contributed by atoms with E-state index < -0.39 is 0 Å². The molecule has 1 aromatic carbocycles. The van der Waals surface area contributed by atoms with Gasteiger partial charge >= 0.3 is 0 Å². The highest BCUT2D eigenvalue weighted by Crippen LogP contribution is 2.21. The Morgan fingerprint density at radius 1 is 1.32 bits per heavy atom. The zero-order chi connectivity index (χ0) is 13.4. The van der Waals surface area contributed by atoms with Crippen LogP contribution in [0.5, 0.6) is 0 Å². The Bertz CT molecular complexity index is 753. The summed E-state index contributed by atoms with van der Waals surface area (Å²) in [6, 6.07) is 8.42. The molecule has 2 aromatic heterocycles. The van der Waals surface area contributed by atoms with E-state index in [1.807, 2.05) is 6.07 Å². The number of benzene rings is 1. The van der Waals surface area contributed by atoms with Crippen molar-refractivity contribution >= 4 is 33.0 Å². The number of nitrogens with zero attached hydrogens (tertiary/aromatic N) is 3. The van der Waals surface area contributed by atoms with E-state index in [2.05, 4.69) is 25.9 Å². The van der Waals surface area contributed by atoms with Gasteiger partial charge in [0.05, 0.1) is 6.54 Å². The lowest BCUT2D eigenvalue weighted by Crippen LogP contribution is -2.06. The fourth-order valence-electron chi connectivity index (χ4n) is 1.96. The normalized spacial score (nSPS) is 11.1. The minimum absolute atomic E-state index is 0.263. The summed E-state index contributed by atoms with van der Waals surface area (Å²) in [5.41, 5.74) is 7.76. The molecule has 0 amide bonds. The summed E-state index contributed by atoms with van der Waals surface area (Å²) < 4.78 is 16.2. The maximum Gasteiger partial charge on any atom is 0.202 e. The number of pyridine rings is 1. The number of hydrogen-bond donors (Lipinski definition) is 1. The van der Waals surface area contributed by atoms with Gasteiger partial charge in [-0.3, -0.25) is 4.57 Å². The van der Waals surface area contributed by atoms with E-state index in [0.717, 1.165) is 4.47 Å². The summed E-state index contributed by atoms with van der Waals surface area (Å²) in [6.07, 6.45) is 1.67. The smallest absolute Gasteiger partial charge is 0.202 e. The standard InChI is InChI=1S/C13H10BrFN4/c14-9-5-11-12(17-6-9)19(13(16)18-11)7-8-3-1-2-4-10(8)15/h1-6H,7H2,(H2,16,18). The predicted octanol–water partition coefficient (Wildman–Crippen LogP) is 2.96. The highest BCUT2D eigenvalue weighted by Gasteiger charge is 2.11. The maximum absolute atomic E-state index is 13.7. The van der Waals surface area contributed by atoms with Crippen molar-refractivity contribution in [2.24, 2.45) is 0 Å². The van der Waals surface area contributed by atoms with Crippen LogP contribution in [0.15, 0.2) is 41.0 Å². The van der Waals surface area contributed by atoms with E-state index >= 15 is 0 Å². The molecular formula is C13H10BrFN4. The second-order valence-electron chi connectivity index (χ2n) is 4.14. The number of nitrogens with two attached hydrogens (primary N) is 1. The molecule has 0 atom stereocenters. The number of aromatic nitrogens is 3. The molecule has 0 fully saturated rings. The summed E-state index contributed by atoms with van der Waals surface area (Å²) in [6.45, 7) is 0.309. The first kappa shape index (κ1) is 12.1. The molecule has 0 saturated carbocycles. The highest BCUT2D eigenvalue weighted by molar-refractivity contribution is 9.10. The first-order valence-electron chi connectivity index (χ1n) is 5.66. The molecular weight excluding hydrogens is 311 g/mol. The first-order valence-corrected chi connectivity index (χ1v) is 6.45. The third-order valence-electron chi connectivity index (χ3n) is 2.87. The van der Waals surface area contributed by atoms with Crippen molar-refractivity contribution in [2.45, 2.75) is 6.54 Å². The number of imidazole rings is 1. The van der Waals surface area contributed by atoms with Gasteiger partial charge in [-0.05, 0) is 28.1 Å². The second kappa shape index (κ2) is 4.62. The summed E-state index contributed by atoms with van der Waals surface area (Å²) in [4.78, 5) is 8.50. The Labute approximate surface area is 117 Å². The molecule has 0 aliphatic carbocycles. The van der Waals surface area contributed by atoms with Gasteiger partial charge in [-0.25, -0.2) is 14.4 Å². The van der Waals surface area contributed by atoms with E-state index in [1.165, 1.54) is 6.07 Å². The molecule has 3 rings (SSSR count). The Balaban J connectivity index is 2.10. The van der Waals surface area contributed by atoms with Crippen LogP contribution in [0.1, 0.15) is 5.56 Å². The number of hydrogen-bond acceptors (Lipinski definition) is 3. The van der Waals surface area contributed by atoms with E-state index in [-0.39, 0.29) is 5.82 Å². The average molecular weight is 321 g/mol. The number of rotatable bonds is 2. The van der Waals surface area contributed by atoms with E-state index in [4.69, 9.17) is 5.73 Å². The van der Waals surface area contributed by atoms with Crippen molar-refractivity contribution in [1.82, 2.24) is 14.5 Å². The predicted molar refractivity (Wildman–Crippen MR) is 75.1 cm³/mol. The average Bonchev–Trinajstić information content (AvgIpc) is 2.68. The Kier molecular flexibility index (Phi) is 2.94. The quantitative estimate of drug-likeness (QED) is 0.789. The highest BCUT2D eigenvalue weighted by atomic mass is 79.9. The summed E-state index contributed by atoms with van der Waals surface area (Å²) in [5.74, 6) is 0.0599. The largest absolute Gasteiger partial charge is 0.369 e. The monoisotopic (exact) mass is 320 g/mol. The van der Waals surface area contributed by atoms with Crippen molar-refractivity contribution in [3.63, 3.8) is 0 Å². The molecule has 2 heterocycles. The van der Waals surface area contributed by atoms with Crippen LogP contribution in [-0.4, -0.2) is 14.5 Å². The van der Waals surface area contributed by atoms with Crippen molar-refractivity contribution < 1.29 is 4.39 Å². The van der Waals surface area contributed by atoms with Crippen LogP contribution in [-0.2, 0) is 6.54 Å². The minimum atomic E-state index is -0.263. The van der Waals surface area contributed by atoms with Crippen LogP contribution in [0.25, 0.3) is 11.2 Å². The molecule has 0 saturated heterocycles.